The molecule has 0 radical (unpaired) electrons. The van der Waals surface area contributed by atoms with Crippen molar-refractivity contribution >= 4 is 61.9 Å². The van der Waals surface area contributed by atoms with Crippen LogP contribution < -0.4 is 14.4 Å². The normalized spacial score (nSPS) is 14.8. The molecule has 0 spiro atoms. The van der Waals surface area contributed by atoms with Gasteiger partial charge < -0.3 is 9.47 Å². The van der Waals surface area contributed by atoms with E-state index in [0.717, 1.165) is 35.3 Å². The zero-order chi connectivity index (χ0) is 31.9. The van der Waals surface area contributed by atoms with Crippen LogP contribution in [0.3, 0.4) is 0 Å². The maximum Gasteiger partial charge on any atom is 0.271 e. The SMILES string of the molecule is CCOc1cc(/C=C2\SC(=Nc3ccc(CC)cc3)N(c3ccc(CC)cc3)C2=O)cc(Br)c1OCc1ccc([N+](=O)[O-])cc1. The summed E-state index contributed by atoms with van der Waals surface area (Å²) in [5.41, 5.74) is 5.48. The number of carbonyl (C=O) groups is 1. The van der Waals surface area contributed by atoms with Gasteiger partial charge in [0.25, 0.3) is 11.6 Å². The quantitative estimate of drug-likeness (QED) is 0.0887. The van der Waals surface area contributed by atoms with E-state index in [9.17, 15) is 14.9 Å². The highest BCUT2D eigenvalue weighted by atomic mass is 79.9. The third kappa shape index (κ3) is 7.64. The third-order valence-electron chi connectivity index (χ3n) is 7.14. The molecular weight excluding hydrogens is 654 g/mol. The Morgan fingerprint density at radius 3 is 2.11 bits per heavy atom. The van der Waals surface area contributed by atoms with Crippen LogP contribution in [-0.4, -0.2) is 22.6 Å². The van der Waals surface area contributed by atoms with E-state index in [1.165, 1.54) is 35.0 Å². The van der Waals surface area contributed by atoms with Gasteiger partial charge in [-0.3, -0.25) is 19.8 Å². The van der Waals surface area contributed by atoms with Crippen molar-refractivity contribution in [1.82, 2.24) is 0 Å². The Morgan fingerprint density at radius 1 is 0.889 bits per heavy atom. The lowest BCUT2D eigenvalue weighted by Crippen LogP contribution is -2.28. The number of amides is 1. The van der Waals surface area contributed by atoms with Crippen molar-refractivity contribution in [3.8, 4) is 11.5 Å². The standard InChI is InChI=1S/C35H32BrN3O5S/c1-4-23-7-13-27(14-8-23)37-35-38(28-15-9-24(5-2)10-16-28)34(40)32(45-35)21-26-19-30(36)33(31(20-26)43-6-3)44-22-25-11-17-29(18-12-25)39(41)42/h7-21H,4-6,22H2,1-3H3/b32-21-,37-35?. The van der Waals surface area contributed by atoms with Crippen molar-refractivity contribution in [2.24, 2.45) is 4.99 Å². The molecule has 1 aliphatic heterocycles. The van der Waals surface area contributed by atoms with Gasteiger partial charge in [-0.15, -0.1) is 0 Å². The highest BCUT2D eigenvalue weighted by molar-refractivity contribution is 9.10. The number of carbonyl (C=O) groups excluding carboxylic acids is 1. The summed E-state index contributed by atoms with van der Waals surface area (Å²) in [6.45, 7) is 6.69. The average Bonchev–Trinajstić information content (AvgIpc) is 3.34. The summed E-state index contributed by atoms with van der Waals surface area (Å²) in [5, 5.41) is 11.6. The summed E-state index contributed by atoms with van der Waals surface area (Å²) in [4.78, 5) is 31.5. The molecule has 10 heteroatoms. The number of aryl methyl sites for hydroxylation is 2. The largest absolute Gasteiger partial charge is 0.490 e. The van der Waals surface area contributed by atoms with E-state index in [1.807, 2.05) is 61.5 Å². The topological polar surface area (TPSA) is 94.3 Å². The zero-order valence-electron chi connectivity index (χ0n) is 25.2. The first kappa shape index (κ1) is 32.0. The summed E-state index contributed by atoms with van der Waals surface area (Å²) >= 11 is 4.94. The Kier molecular flexibility index (Phi) is 10.4. The number of non-ortho nitro benzene ring substituents is 1. The monoisotopic (exact) mass is 685 g/mol. The van der Waals surface area contributed by atoms with Crippen LogP contribution in [0.15, 0.2) is 99.3 Å². The number of benzene rings is 4. The number of nitro groups is 1. The van der Waals surface area contributed by atoms with Gasteiger partial charge in [0.15, 0.2) is 16.7 Å². The number of nitrogens with zero attached hydrogens (tertiary/aromatic N) is 3. The van der Waals surface area contributed by atoms with Gasteiger partial charge in [-0.2, -0.15) is 0 Å². The van der Waals surface area contributed by atoms with Crippen LogP contribution in [0.5, 0.6) is 11.5 Å². The van der Waals surface area contributed by atoms with E-state index in [2.05, 4.69) is 41.9 Å². The van der Waals surface area contributed by atoms with Crippen LogP contribution in [0.25, 0.3) is 6.08 Å². The van der Waals surface area contributed by atoms with Crippen LogP contribution >= 0.6 is 27.7 Å². The van der Waals surface area contributed by atoms with Crippen LogP contribution in [0, 0.1) is 10.1 Å². The van der Waals surface area contributed by atoms with Crippen molar-refractivity contribution in [3.63, 3.8) is 0 Å². The number of anilines is 1. The van der Waals surface area contributed by atoms with Gasteiger partial charge in [0.2, 0.25) is 0 Å². The maximum atomic E-state index is 13.9. The molecule has 1 amide bonds. The molecule has 0 saturated carbocycles. The molecule has 5 rings (SSSR count). The molecule has 0 atom stereocenters. The van der Waals surface area contributed by atoms with Gasteiger partial charge in [0.1, 0.15) is 6.61 Å². The van der Waals surface area contributed by atoms with Gasteiger partial charge in [-0.05, 0) is 124 Å². The van der Waals surface area contributed by atoms with Gasteiger partial charge in [0.05, 0.1) is 32.3 Å². The van der Waals surface area contributed by atoms with Crippen molar-refractivity contribution in [2.45, 2.75) is 40.2 Å². The third-order valence-corrected chi connectivity index (χ3v) is 8.70. The summed E-state index contributed by atoms with van der Waals surface area (Å²) in [6, 6.07) is 25.9. The minimum atomic E-state index is -0.436. The van der Waals surface area contributed by atoms with Crippen LogP contribution in [0.1, 0.15) is 43.0 Å². The number of rotatable bonds is 11. The van der Waals surface area contributed by atoms with E-state index in [0.29, 0.717) is 32.7 Å². The Morgan fingerprint density at radius 2 is 1.51 bits per heavy atom. The Hall–Kier alpha value is -4.41. The smallest absolute Gasteiger partial charge is 0.271 e. The predicted octanol–water partition coefficient (Wildman–Crippen LogP) is 9.27. The molecule has 0 unspecified atom stereocenters. The van der Waals surface area contributed by atoms with E-state index in [1.54, 1.807) is 17.0 Å². The molecule has 1 heterocycles. The fourth-order valence-electron chi connectivity index (χ4n) is 4.67. The number of ether oxygens (including phenoxy) is 2. The molecule has 1 aliphatic rings. The molecule has 4 aromatic carbocycles. The maximum absolute atomic E-state index is 13.9. The van der Waals surface area contributed by atoms with Gasteiger partial charge in [-0.25, -0.2) is 4.99 Å². The lowest BCUT2D eigenvalue weighted by molar-refractivity contribution is -0.384. The molecule has 0 aliphatic carbocycles. The molecule has 230 valence electrons. The number of thioether (sulfide) groups is 1. The number of aliphatic imine (C=N–C) groups is 1. The van der Waals surface area contributed by atoms with Crippen LogP contribution in [0.4, 0.5) is 17.1 Å². The van der Waals surface area contributed by atoms with E-state index >= 15 is 0 Å². The molecule has 1 fully saturated rings. The lowest BCUT2D eigenvalue weighted by atomic mass is 10.1. The Bertz CT molecular complexity index is 1750. The second-order valence-electron chi connectivity index (χ2n) is 10.2. The molecule has 45 heavy (non-hydrogen) atoms. The van der Waals surface area contributed by atoms with Crippen LogP contribution in [-0.2, 0) is 24.2 Å². The molecule has 0 bridgehead atoms. The van der Waals surface area contributed by atoms with Gasteiger partial charge >= 0.3 is 0 Å². The van der Waals surface area contributed by atoms with Crippen molar-refractivity contribution < 1.29 is 19.2 Å². The summed E-state index contributed by atoms with van der Waals surface area (Å²) in [7, 11) is 0. The second kappa shape index (κ2) is 14.6. The number of amidine groups is 1. The minimum absolute atomic E-state index is 0.0193. The molecule has 1 saturated heterocycles. The molecule has 8 nitrogen and oxygen atoms in total. The first-order chi connectivity index (χ1) is 21.8. The van der Waals surface area contributed by atoms with Gasteiger partial charge in [-0.1, -0.05) is 38.1 Å². The highest BCUT2D eigenvalue weighted by Crippen LogP contribution is 2.41. The first-order valence-corrected chi connectivity index (χ1v) is 16.2. The lowest BCUT2D eigenvalue weighted by Gasteiger charge is -2.16. The zero-order valence-corrected chi connectivity index (χ0v) is 27.6. The van der Waals surface area contributed by atoms with E-state index < -0.39 is 4.92 Å². The fourth-order valence-corrected chi connectivity index (χ4v) is 6.24. The van der Waals surface area contributed by atoms with E-state index in [-0.39, 0.29) is 18.2 Å². The molecular formula is C35H32BrN3O5S. The number of hydrogen-bond donors (Lipinski definition) is 0. The second-order valence-corrected chi connectivity index (χ2v) is 12.0. The minimum Gasteiger partial charge on any atom is -0.490 e. The van der Waals surface area contributed by atoms with Crippen LogP contribution in [0.2, 0.25) is 0 Å². The van der Waals surface area contributed by atoms with Crippen molar-refractivity contribution in [2.75, 3.05) is 11.5 Å². The van der Waals surface area contributed by atoms with Gasteiger partial charge in [0, 0.05) is 12.1 Å². The summed E-state index contributed by atoms with van der Waals surface area (Å²) in [5.74, 6) is 0.840. The molecule has 0 aromatic heterocycles. The summed E-state index contributed by atoms with van der Waals surface area (Å²) < 4.78 is 12.7. The van der Waals surface area contributed by atoms with E-state index in [4.69, 9.17) is 14.5 Å². The van der Waals surface area contributed by atoms with Crippen molar-refractivity contribution in [1.29, 1.82) is 0 Å². The summed E-state index contributed by atoms with van der Waals surface area (Å²) in [6.07, 6.45) is 3.67. The number of hydrogen-bond acceptors (Lipinski definition) is 7. The number of nitro benzene ring substituents is 1. The predicted molar refractivity (Wildman–Crippen MR) is 185 cm³/mol. The first-order valence-electron chi connectivity index (χ1n) is 14.6. The molecule has 0 N–H and O–H groups in total. The fraction of sp³-hybridized carbons (Fsp3) is 0.200. The Balaban J connectivity index is 1.46. The highest BCUT2D eigenvalue weighted by Gasteiger charge is 2.35. The van der Waals surface area contributed by atoms with Crippen molar-refractivity contribution in [3.05, 3.63) is 127 Å². The average molecular weight is 687 g/mol. The Labute approximate surface area is 275 Å². The molecule has 4 aromatic rings. The number of halogens is 1.